The molecule has 0 saturated heterocycles. The van der Waals surface area contributed by atoms with E-state index in [0.29, 0.717) is 6.54 Å². The molecule has 3 nitrogen and oxygen atoms in total. The fourth-order valence-corrected chi connectivity index (χ4v) is 2.12. The summed E-state index contributed by atoms with van der Waals surface area (Å²) in [7, 11) is 1.96. The van der Waals surface area contributed by atoms with Gasteiger partial charge in [0, 0.05) is 23.3 Å². The van der Waals surface area contributed by atoms with Crippen molar-refractivity contribution in [3.63, 3.8) is 0 Å². The highest BCUT2D eigenvalue weighted by molar-refractivity contribution is 6.30. The van der Waals surface area contributed by atoms with Crippen LogP contribution in [0.1, 0.15) is 12.1 Å². The normalized spacial score (nSPS) is 10.8. The highest BCUT2D eigenvalue weighted by Gasteiger charge is 2.10. The summed E-state index contributed by atoms with van der Waals surface area (Å²) in [6.45, 7) is 0.695. The second-order valence-corrected chi connectivity index (χ2v) is 4.47. The van der Waals surface area contributed by atoms with Gasteiger partial charge < -0.3 is 5.73 Å². The van der Waals surface area contributed by atoms with Gasteiger partial charge >= 0.3 is 0 Å². The minimum atomic E-state index is 0.695. The van der Waals surface area contributed by atoms with Gasteiger partial charge in [-0.1, -0.05) is 23.7 Å². The number of aromatic nitrogens is 2. The number of aryl methyl sites for hydroxylation is 1. The van der Waals surface area contributed by atoms with Crippen molar-refractivity contribution in [3.8, 4) is 11.1 Å². The van der Waals surface area contributed by atoms with Crippen molar-refractivity contribution in [1.82, 2.24) is 9.78 Å². The molecule has 0 aliphatic rings. The summed E-state index contributed by atoms with van der Waals surface area (Å²) in [5, 5.41) is 5.05. The van der Waals surface area contributed by atoms with Crippen LogP contribution in [0.4, 0.5) is 0 Å². The predicted octanol–water partition coefficient (Wildman–Crippen LogP) is 2.63. The third-order valence-corrected chi connectivity index (χ3v) is 3.05. The van der Waals surface area contributed by atoms with Gasteiger partial charge in [-0.05, 0) is 37.1 Å². The van der Waals surface area contributed by atoms with Gasteiger partial charge in [-0.3, -0.25) is 4.68 Å². The second kappa shape index (κ2) is 5.34. The number of halogens is 1. The maximum Gasteiger partial charge on any atom is 0.0571 e. The molecule has 0 unspecified atom stereocenters. The molecule has 0 saturated carbocycles. The van der Waals surface area contributed by atoms with Crippen LogP contribution in [0.3, 0.4) is 0 Å². The maximum atomic E-state index is 6.01. The zero-order valence-electron chi connectivity index (χ0n) is 9.86. The molecule has 0 aliphatic heterocycles. The van der Waals surface area contributed by atoms with E-state index in [1.165, 1.54) is 5.69 Å². The van der Waals surface area contributed by atoms with Gasteiger partial charge in [-0.15, -0.1) is 0 Å². The van der Waals surface area contributed by atoms with E-state index < -0.39 is 0 Å². The van der Waals surface area contributed by atoms with Gasteiger partial charge in [0.05, 0.1) is 6.20 Å². The molecule has 0 atom stereocenters. The average molecular weight is 250 g/mol. The molecule has 2 aromatic rings. The molecule has 0 fully saturated rings. The van der Waals surface area contributed by atoms with Gasteiger partial charge in [-0.2, -0.15) is 5.10 Å². The topological polar surface area (TPSA) is 43.8 Å². The van der Waals surface area contributed by atoms with Gasteiger partial charge in [-0.25, -0.2) is 0 Å². The molecule has 1 heterocycles. The average Bonchev–Trinajstić information content (AvgIpc) is 2.68. The lowest BCUT2D eigenvalue weighted by Gasteiger charge is -2.06. The Bertz CT molecular complexity index is 505. The van der Waals surface area contributed by atoms with Crippen molar-refractivity contribution < 1.29 is 0 Å². The summed E-state index contributed by atoms with van der Waals surface area (Å²) in [6.07, 6.45) is 3.79. The number of hydrogen-bond donors (Lipinski definition) is 1. The Morgan fingerprint density at radius 3 is 2.94 bits per heavy atom. The van der Waals surface area contributed by atoms with Crippen LogP contribution in [0.25, 0.3) is 11.1 Å². The first-order valence-electron chi connectivity index (χ1n) is 5.69. The van der Waals surface area contributed by atoms with Crippen molar-refractivity contribution in [3.05, 3.63) is 41.2 Å². The van der Waals surface area contributed by atoms with Crippen molar-refractivity contribution >= 4 is 11.6 Å². The first-order chi connectivity index (χ1) is 8.22. The van der Waals surface area contributed by atoms with Gasteiger partial charge in [0.2, 0.25) is 0 Å². The van der Waals surface area contributed by atoms with Gasteiger partial charge in [0.1, 0.15) is 0 Å². The van der Waals surface area contributed by atoms with Crippen LogP contribution in [0.15, 0.2) is 30.5 Å². The fraction of sp³-hybridized carbons (Fsp3) is 0.308. The van der Waals surface area contributed by atoms with Crippen molar-refractivity contribution in [2.75, 3.05) is 6.54 Å². The van der Waals surface area contributed by atoms with E-state index in [2.05, 4.69) is 11.2 Å². The Morgan fingerprint density at radius 1 is 1.41 bits per heavy atom. The Labute approximate surface area is 106 Å². The molecule has 2 rings (SSSR count). The molecule has 0 spiro atoms. The SMILES string of the molecule is Cn1ncc(-c2cccc(Cl)c2)c1CCCN. The lowest BCUT2D eigenvalue weighted by Crippen LogP contribution is -2.05. The van der Waals surface area contributed by atoms with E-state index in [4.69, 9.17) is 17.3 Å². The zero-order chi connectivity index (χ0) is 12.3. The third kappa shape index (κ3) is 2.68. The van der Waals surface area contributed by atoms with Crippen molar-refractivity contribution in [2.45, 2.75) is 12.8 Å². The monoisotopic (exact) mass is 249 g/mol. The quantitative estimate of drug-likeness (QED) is 0.905. The molecular formula is C13H16ClN3. The summed E-state index contributed by atoms with van der Waals surface area (Å²) in [5.74, 6) is 0. The smallest absolute Gasteiger partial charge is 0.0571 e. The molecule has 0 bridgehead atoms. The zero-order valence-corrected chi connectivity index (χ0v) is 10.6. The van der Waals surface area contributed by atoms with Crippen LogP contribution < -0.4 is 5.73 Å². The second-order valence-electron chi connectivity index (χ2n) is 4.03. The number of nitrogens with two attached hydrogens (primary N) is 1. The first kappa shape index (κ1) is 12.1. The van der Waals surface area contributed by atoms with Crippen molar-refractivity contribution in [2.24, 2.45) is 12.8 Å². The minimum absolute atomic E-state index is 0.695. The highest BCUT2D eigenvalue weighted by Crippen LogP contribution is 2.26. The Balaban J connectivity index is 2.38. The lowest BCUT2D eigenvalue weighted by atomic mass is 10.0. The number of benzene rings is 1. The minimum Gasteiger partial charge on any atom is -0.330 e. The summed E-state index contributed by atoms with van der Waals surface area (Å²) in [5.41, 5.74) is 9.01. The summed E-state index contributed by atoms with van der Waals surface area (Å²) in [6, 6.07) is 7.84. The molecule has 17 heavy (non-hydrogen) atoms. The molecule has 1 aromatic carbocycles. The van der Waals surface area contributed by atoms with Crippen LogP contribution in [0, 0.1) is 0 Å². The number of rotatable bonds is 4. The van der Waals surface area contributed by atoms with E-state index >= 15 is 0 Å². The standard InChI is InChI=1S/C13H16ClN3/c1-17-13(6-3-7-15)12(9-16-17)10-4-2-5-11(14)8-10/h2,4-5,8-9H,3,6-7,15H2,1H3. The van der Waals surface area contributed by atoms with E-state index in [0.717, 1.165) is 29.0 Å². The number of nitrogens with zero attached hydrogens (tertiary/aromatic N) is 2. The molecule has 0 aliphatic carbocycles. The summed E-state index contributed by atoms with van der Waals surface area (Å²) >= 11 is 6.01. The molecule has 1 aromatic heterocycles. The number of hydrogen-bond acceptors (Lipinski definition) is 2. The van der Waals surface area contributed by atoms with Gasteiger partial charge in [0.15, 0.2) is 0 Å². The van der Waals surface area contributed by atoms with E-state index in [1.807, 2.05) is 36.1 Å². The van der Waals surface area contributed by atoms with E-state index in [-0.39, 0.29) is 0 Å². The molecule has 90 valence electrons. The Hall–Kier alpha value is -1.32. The molecule has 0 amide bonds. The lowest BCUT2D eigenvalue weighted by molar-refractivity contribution is 0.687. The van der Waals surface area contributed by atoms with E-state index in [1.54, 1.807) is 0 Å². The molecular weight excluding hydrogens is 234 g/mol. The highest BCUT2D eigenvalue weighted by atomic mass is 35.5. The predicted molar refractivity (Wildman–Crippen MR) is 71.0 cm³/mol. The van der Waals surface area contributed by atoms with Crippen molar-refractivity contribution in [1.29, 1.82) is 0 Å². The molecule has 2 N–H and O–H groups in total. The van der Waals surface area contributed by atoms with Crippen LogP contribution in [-0.4, -0.2) is 16.3 Å². The first-order valence-corrected chi connectivity index (χ1v) is 6.07. The van der Waals surface area contributed by atoms with Crippen LogP contribution in [0.5, 0.6) is 0 Å². The van der Waals surface area contributed by atoms with Crippen LogP contribution >= 0.6 is 11.6 Å². The van der Waals surface area contributed by atoms with Crippen LogP contribution in [-0.2, 0) is 13.5 Å². The molecule has 4 heteroatoms. The maximum absolute atomic E-state index is 6.01. The largest absolute Gasteiger partial charge is 0.330 e. The fourth-order valence-electron chi connectivity index (χ4n) is 1.93. The Morgan fingerprint density at radius 2 is 2.24 bits per heavy atom. The summed E-state index contributed by atoms with van der Waals surface area (Å²) < 4.78 is 1.91. The van der Waals surface area contributed by atoms with Crippen LogP contribution in [0.2, 0.25) is 5.02 Å². The third-order valence-electron chi connectivity index (χ3n) is 2.81. The molecule has 0 radical (unpaired) electrons. The summed E-state index contributed by atoms with van der Waals surface area (Å²) in [4.78, 5) is 0. The van der Waals surface area contributed by atoms with E-state index in [9.17, 15) is 0 Å². The van der Waals surface area contributed by atoms with Gasteiger partial charge in [0.25, 0.3) is 0 Å². The Kier molecular flexibility index (Phi) is 3.82.